The van der Waals surface area contributed by atoms with Crippen molar-refractivity contribution in [1.82, 2.24) is 4.98 Å². The third-order valence-corrected chi connectivity index (χ3v) is 2.41. The first-order valence-corrected chi connectivity index (χ1v) is 5.65. The van der Waals surface area contributed by atoms with Crippen LogP contribution in [0.25, 0.3) is 6.08 Å². The first-order valence-electron chi connectivity index (χ1n) is 4.77. The number of esters is 1. The van der Waals surface area contributed by atoms with E-state index < -0.39 is 0 Å². The average molecular weight is 226 g/mol. The number of hydrogen-bond acceptors (Lipinski definition) is 5. The summed E-state index contributed by atoms with van der Waals surface area (Å²) in [5.74, 6) is -0.368. The summed E-state index contributed by atoms with van der Waals surface area (Å²) < 4.78 is 4.83. The third-order valence-electron chi connectivity index (χ3n) is 1.60. The second-order valence-corrected chi connectivity index (χ2v) is 3.66. The lowest BCUT2D eigenvalue weighted by atomic mass is 10.4. The van der Waals surface area contributed by atoms with Gasteiger partial charge in [0.05, 0.1) is 6.61 Å². The van der Waals surface area contributed by atoms with Gasteiger partial charge in [0.1, 0.15) is 5.01 Å². The number of hydrogen-bond donors (Lipinski definition) is 1. The molecule has 0 aliphatic rings. The standard InChI is InChI=1S/C10H14N2O2S/c1-2-14-10(13)8-7-15-9(12-8)5-3-4-6-11/h3,5,7H,2,4,6,11H2,1H3. The van der Waals surface area contributed by atoms with Crippen molar-refractivity contribution in [2.45, 2.75) is 13.3 Å². The van der Waals surface area contributed by atoms with Gasteiger partial charge in [-0.3, -0.25) is 0 Å². The monoisotopic (exact) mass is 226 g/mol. The van der Waals surface area contributed by atoms with Gasteiger partial charge in [-0.25, -0.2) is 9.78 Å². The Kier molecular flexibility index (Phi) is 5.00. The minimum Gasteiger partial charge on any atom is -0.461 e. The van der Waals surface area contributed by atoms with Gasteiger partial charge in [-0.15, -0.1) is 11.3 Å². The fraction of sp³-hybridized carbons (Fsp3) is 0.400. The average Bonchev–Trinajstić information content (AvgIpc) is 2.67. The molecule has 0 bridgehead atoms. The van der Waals surface area contributed by atoms with Gasteiger partial charge in [0.2, 0.25) is 0 Å². The van der Waals surface area contributed by atoms with Crippen LogP contribution in [0.4, 0.5) is 0 Å². The van der Waals surface area contributed by atoms with Crippen molar-refractivity contribution in [1.29, 1.82) is 0 Å². The molecule has 0 aliphatic heterocycles. The molecule has 15 heavy (non-hydrogen) atoms. The lowest BCUT2D eigenvalue weighted by molar-refractivity contribution is 0.0520. The molecule has 0 radical (unpaired) electrons. The number of ether oxygens (including phenoxy) is 1. The summed E-state index contributed by atoms with van der Waals surface area (Å²) >= 11 is 1.41. The highest BCUT2D eigenvalue weighted by Gasteiger charge is 2.09. The van der Waals surface area contributed by atoms with E-state index in [0.29, 0.717) is 18.8 Å². The zero-order chi connectivity index (χ0) is 11.1. The molecule has 0 spiro atoms. The van der Waals surface area contributed by atoms with Crippen LogP contribution in [-0.2, 0) is 4.74 Å². The Balaban J connectivity index is 2.59. The van der Waals surface area contributed by atoms with Crippen LogP contribution < -0.4 is 5.73 Å². The van der Waals surface area contributed by atoms with Crippen molar-refractivity contribution < 1.29 is 9.53 Å². The van der Waals surface area contributed by atoms with E-state index >= 15 is 0 Å². The predicted octanol–water partition coefficient (Wildman–Crippen LogP) is 1.68. The molecular formula is C10H14N2O2S. The second kappa shape index (κ2) is 6.31. The van der Waals surface area contributed by atoms with Gasteiger partial charge in [0.15, 0.2) is 5.69 Å². The van der Waals surface area contributed by atoms with Crippen LogP contribution >= 0.6 is 11.3 Å². The lowest BCUT2D eigenvalue weighted by Crippen LogP contribution is -2.04. The van der Waals surface area contributed by atoms with Crippen molar-refractivity contribution >= 4 is 23.4 Å². The minimum absolute atomic E-state index is 0.368. The number of thiazole rings is 1. The summed E-state index contributed by atoms with van der Waals surface area (Å²) in [7, 11) is 0. The Morgan fingerprint density at radius 3 is 3.20 bits per heavy atom. The molecular weight excluding hydrogens is 212 g/mol. The van der Waals surface area contributed by atoms with E-state index in [2.05, 4.69) is 4.98 Å². The summed E-state index contributed by atoms with van der Waals surface area (Å²) in [6.07, 6.45) is 4.61. The lowest BCUT2D eigenvalue weighted by Gasteiger charge is -1.95. The van der Waals surface area contributed by atoms with Gasteiger partial charge in [0.25, 0.3) is 0 Å². The quantitative estimate of drug-likeness (QED) is 0.776. The number of carbonyl (C=O) groups excluding carboxylic acids is 1. The first kappa shape index (κ1) is 11.9. The van der Waals surface area contributed by atoms with E-state index in [9.17, 15) is 4.79 Å². The number of carbonyl (C=O) groups is 1. The van der Waals surface area contributed by atoms with Gasteiger partial charge in [0, 0.05) is 5.38 Å². The highest BCUT2D eigenvalue weighted by atomic mass is 32.1. The van der Waals surface area contributed by atoms with Gasteiger partial charge < -0.3 is 10.5 Å². The molecule has 0 saturated carbocycles. The smallest absolute Gasteiger partial charge is 0.357 e. The fourth-order valence-corrected chi connectivity index (χ4v) is 1.65. The molecule has 0 atom stereocenters. The summed E-state index contributed by atoms with van der Waals surface area (Å²) in [5, 5.41) is 2.49. The molecule has 82 valence electrons. The van der Waals surface area contributed by atoms with Crippen molar-refractivity contribution in [2.75, 3.05) is 13.2 Å². The SMILES string of the molecule is CCOC(=O)c1csc(C=CCCN)n1. The maximum Gasteiger partial charge on any atom is 0.357 e. The van der Waals surface area contributed by atoms with Crippen molar-refractivity contribution in [3.05, 3.63) is 22.2 Å². The number of aromatic nitrogens is 1. The molecule has 4 nitrogen and oxygen atoms in total. The maximum atomic E-state index is 11.3. The van der Waals surface area contributed by atoms with E-state index in [4.69, 9.17) is 10.5 Å². The molecule has 1 aromatic rings. The first-order chi connectivity index (χ1) is 7.27. The summed E-state index contributed by atoms with van der Waals surface area (Å²) in [5.41, 5.74) is 5.71. The number of rotatable bonds is 5. The van der Waals surface area contributed by atoms with Crippen LogP contribution in [0, 0.1) is 0 Å². The molecule has 0 unspecified atom stereocenters. The third kappa shape index (κ3) is 3.81. The Labute approximate surface area is 92.8 Å². The van der Waals surface area contributed by atoms with Crippen LogP contribution in [0.15, 0.2) is 11.5 Å². The molecule has 0 aliphatic carbocycles. The topological polar surface area (TPSA) is 65.2 Å². The Morgan fingerprint density at radius 1 is 1.73 bits per heavy atom. The molecule has 0 aromatic carbocycles. The number of nitrogens with zero attached hydrogens (tertiary/aromatic N) is 1. The highest BCUT2D eigenvalue weighted by Crippen LogP contribution is 2.12. The number of nitrogens with two attached hydrogens (primary N) is 1. The van der Waals surface area contributed by atoms with E-state index in [1.165, 1.54) is 11.3 Å². The Hall–Kier alpha value is -1.20. The van der Waals surface area contributed by atoms with Crippen LogP contribution in [-0.4, -0.2) is 24.1 Å². The predicted molar refractivity (Wildman–Crippen MR) is 60.8 cm³/mol. The minimum atomic E-state index is -0.368. The largest absolute Gasteiger partial charge is 0.461 e. The van der Waals surface area contributed by atoms with Crippen LogP contribution in [0.5, 0.6) is 0 Å². The van der Waals surface area contributed by atoms with Crippen molar-refractivity contribution in [3.8, 4) is 0 Å². The van der Waals surface area contributed by atoms with Gasteiger partial charge >= 0.3 is 5.97 Å². The molecule has 0 saturated heterocycles. The summed E-state index contributed by atoms with van der Waals surface area (Å²) in [6, 6.07) is 0. The summed E-state index contributed by atoms with van der Waals surface area (Å²) in [4.78, 5) is 15.4. The van der Waals surface area contributed by atoms with Gasteiger partial charge in [-0.2, -0.15) is 0 Å². The highest BCUT2D eigenvalue weighted by molar-refractivity contribution is 7.10. The zero-order valence-electron chi connectivity index (χ0n) is 8.60. The maximum absolute atomic E-state index is 11.3. The molecule has 1 rings (SSSR count). The van der Waals surface area contributed by atoms with E-state index in [1.807, 2.05) is 12.2 Å². The normalized spacial score (nSPS) is 10.8. The molecule has 5 heteroatoms. The molecule has 1 aromatic heterocycles. The van der Waals surface area contributed by atoms with Gasteiger partial charge in [-0.05, 0) is 26.0 Å². The zero-order valence-corrected chi connectivity index (χ0v) is 9.42. The molecule has 1 heterocycles. The summed E-state index contributed by atoms with van der Waals surface area (Å²) in [6.45, 7) is 2.76. The van der Waals surface area contributed by atoms with E-state index in [1.54, 1.807) is 12.3 Å². The fourth-order valence-electron chi connectivity index (χ4n) is 0.943. The second-order valence-electron chi connectivity index (χ2n) is 2.77. The Morgan fingerprint density at radius 2 is 2.53 bits per heavy atom. The van der Waals surface area contributed by atoms with Crippen LogP contribution in [0.1, 0.15) is 28.8 Å². The van der Waals surface area contributed by atoms with Crippen LogP contribution in [0.2, 0.25) is 0 Å². The van der Waals surface area contributed by atoms with Crippen molar-refractivity contribution in [3.63, 3.8) is 0 Å². The van der Waals surface area contributed by atoms with Gasteiger partial charge in [-0.1, -0.05) is 6.08 Å². The molecule has 0 amide bonds. The van der Waals surface area contributed by atoms with Crippen molar-refractivity contribution in [2.24, 2.45) is 5.73 Å². The van der Waals surface area contributed by atoms with Crippen LogP contribution in [0.3, 0.4) is 0 Å². The molecule has 2 N–H and O–H groups in total. The molecule has 0 fully saturated rings. The van der Waals surface area contributed by atoms with E-state index in [-0.39, 0.29) is 5.97 Å². The Bertz CT molecular complexity index is 347. The van der Waals surface area contributed by atoms with E-state index in [0.717, 1.165) is 11.4 Å².